The lowest BCUT2D eigenvalue weighted by Crippen LogP contribution is -2.42. The molecule has 0 saturated carbocycles. The van der Waals surface area contributed by atoms with Crippen molar-refractivity contribution in [3.8, 4) is 0 Å². The maximum absolute atomic E-state index is 12.4. The highest BCUT2D eigenvalue weighted by molar-refractivity contribution is 5.68. The third-order valence-corrected chi connectivity index (χ3v) is 4.22. The molecule has 1 aliphatic heterocycles. The Morgan fingerprint density at radius 1 is 1.35 bits per heavy atom. The van der Waals surface area contributed by atoms with Crippen LogP contribution in [0.15, 0.2) is 24.3 Å². The number of likely N-dealkylation sites (tertiary alicyclic amines) is 1. The third-order valence-electron chi connectivity index (χ3n) is 4.22. The number of hydrogen-bond donors (Lipinski definition) is 2. The van der Waals surface area contributed by atoms with Gasteiger partial charge in [-0.25, -0.2) is 9.78 Å². The maximum atomic E-state index is 12.4. The van der Waals surface area contributed by atoms with E-state index in [1.165, 1.54) is 0 Å². The van der Waals surface area contributed by atoms with Crippen molar-refractivity contribution in [2.24, 2.45) is 0 Å². The summed E-state index contributed by atoms with van der Waals surface area (Å²) < 4.78 is 5.51. The van der Waals surface area contributed by atoms with E-state index in [4.69, 9.17) is 9.72 Å². The summed E-state index contributed by atoms with van der Waals surface area (Å²) in [5.41, 5.74) is 1.49. The zero-order valence-corrected chi connectivity index (χ0v) is 15.9. The highest BCUT2D eigenvalue weighted by Gasteiger charge is 2.29. The number of aromatic nitrogens is 3. The van der Waals surface area contributed by atoms with E-state index in [0.29, 0.717) is 6.54 Å². The van der Waals surface area contributed by atoms with Crippen LogP contribution in [0.5, 0.6) is 0 Å². The molecule has 140 valence electrons. The minimum Gasteiger partial charge on any atom is -0.444 e. The van der Waals surface area contributed by atoms with E-state index in [0.717, 1.165) is 42.4 Å². The number of carbonyl (C=O) groups is 1. The second kappa shape index (κ2) is 7.35. The Balaban J connectivity index is 1.68. The third kappa shape index (κ3) is 4.74. The number of hydrogen-bond acceptors (Lipinski definition) is 5. The van der Waals surface area contributed by atoms with E-state index in [9.17, 15) is 4.79 Å². The van der Waals surface area contributed by atoms with Crippen LogP contribution < -0.4 is 5.32 Å². The van der Waals surface area contributed by atoms with Crippen LogP contribution in [0, 0.1) is 6.92 Å². The minimum absolute atomic E-state index is 0.207. The Morgan fingerprint density at radius 3 is 2.85 bits per heavy atom. The van der Waals surface area contributed by atoms with Crippen molar-refractivity contribution in [1.29, 1.82) is 0 Å². The number of rotatable bonds is 3. The number of carbonyl (C=O) groups excluding carboxylic acids is 1. The van der Waals surface area contributed by atoms with Gasteiger partial charge in [0.15, 0.2) is 5.82 Å². The van der Waals surface area contributed by atoms with Crippen molar-refractivity contribution in [2.75, 3.05) is 18.4 Å². The van der Waals surface area contributed by atoms with Crippen molar-refractivity contribution in [3.05, 3.63) is 35.7 Å². The smallest absolute Gasteiger partial charge is 0.410 e. The topological polar surface area (TPSA) is 83.1 Å². The van der Waals surface area contributed by atoms with Crippen LogP contribution in [0.3, 0.4) is 0 Å². The van der Waals surface area contributed by atoms with Crippen LogP contribution in [0.25, 0.3) is 0 Å². The Morgan fingerprint density at radius 2 is 2.15 bits per heavy atom. The number of aryl methyl sites for hydroxylation is 1. The van der Waals surface area contributed by atoms with E-state index < -0.39 is 5.60 Å². The molecule has 1 saturated heterocycles. The summed E-state index contributed by atoms with van der Waals surface area (Å²) in [5, 5.41) is 10.3. The number of nitrogens with zero attached hydrogens (tertiary/aromatic N) is 3. The van der Waals surface area contributed by atoms with Crippen molar-refractivity contribution in [3.63, 3.8) is 0 Å². The molecule has 0 radical (unpaired) electrons. The Hall–Kier alpha value is -2.57. The fourth-order valence-electron chi connectivity index (χ4n) is 3.07. The monoisotopic (exact) mass is 357 g/mol. The summed E-state index contributed by atoms with van der Waals surface area (Å²) in [6.45, 7) is 8.98. The molecule has 7 nitrogen and oxygen atoms in total. The lowest BCUT2D eigenvalue weighted by Gasteiger charge is -2.34. The first-order valence-corrected chi connectivity index (χ1v) is 9.04. The Kier molecular flexibility index (Phi) is 5.15. The van der Waals surface area contributed by atoms with Gasteiger partial charge in [-0.2, -0.15) is 5.10 Å². The number of H-pyrrole nitrogens is 1. The number of aromatic amines is 1. The van der Waals surface area contributed by atoms with Gasteiger partial charge < -0.3 is 15.0 Å². The summed E-state index contributed by atoms with van der Waals surface area (Å²) in [7, 11) is 0. The molecule has 26 heavy (non-hydrogen) atoms. The first-order valence-electron chi connectivity index (χ1n) is 9.04. The van der Waals surface area contributed by atoms with E-state index >= 15 is 0 Å². The molecule has 1 atom stereocenters. The lowest BCUT2D eigenvalue weighted by molar-refractivity contribution is 0.0197. The Labute approximate surface area is 154 Å². The number of amides is 1. The summed E-state index contributed by atoms with van der Waals surface area (Å²) in [6.07, 6.45) is 1.71. The average Bonchev–Trinajstić information content (AvgIpc) is 2.98. The van der Waals surface area contributed by atoms with Crippen LogP contribution in [0.4, 0.5) is 16.4 Å². The van der Waals surface area contributed by atoms with Crippen LogP contribution in [0.1, 0.15) is 50.9 Å². The molecule has 0 aromatic carbocycles. The molecule has 3 rings (SSSR count). The summed E-state index contributed by atoms with van der Waals surface area (Å²) in [6, 6.07) is 7.85. The van der Waals surface area contributed by atoms with Crippen LogP contribution in [0.2, 0.25) is 0 Å². The maximum Gasteiger partial charge on any atom is 0.410 e. The van der Waals surface area contributed by atoms with Crippen LogP contribution >= 0.6 is 0 Å². The quantitative estimate of drug-likeness (QED) is 0.868. The van der Waals surface area contributed by atoms with Gasteiger partial charge >= 0.3 is 6.09 Å². The van der Waals surface area contributed by atoms with Crippen molar-refractivity contribution in [2.45, 2.75) is 52.1 Å². The van der Waals surface area contributed by atoms with Gasteiger partial charge in [0.05, 0.1) is 0 Å². The van der Waals surface area contributed by atoms with Gasteiger partial charge in [-0.3, -0.25) is 5.10 Å². The molecule has 1 aliphatic rings. The zero-order valence-electron chi connectivity index (χ0n) is 15.9. The number of nitrogens with one attached hydrogen (secondary N) is 2. The normalized spacial score (nSPS) is 17.8. The van der Waals surface area contributed by atoms with E-state index in [2.05, 4.69) is 15.5 Å². The van der Waals surface area contributed by atoms with Gasteiger partial charge in [-0.15, -0.1) is 0 Å². The molecule has 2 aromatic heterocycles. The van der Waals surface area contributed by atoms with Gasteiger partial charge in [0, 0.05) is 36.5 Å². The second-order valence-corrected chi connectivity index (χ2v) is 7.77. The van der Waals surface area contributed by atoms with Crippen LogP contribution in [-0.2, 0) is 4.74 Å². The molecular weight excluding hydrogens is 330 g/mol. The fourth-order valence-corrected chi connectivity index (χ4v) is 3.07. The van der Waals surface area contributed by atoms with Gasteiger partial charge in [-0.05, 0) is 52.7 Å². The van der Waals surface area contributed by atoms with Gasteiger partial charge in [0.2, 0.25) is 0 Å². The molecule has 0 bridgehead atoms. The molecule has 1 unspecified atom stereocenters. The van der Waals surface area contributed by atoms with E-state index in [-0.39, 0.29) is 12.0 Å². The SMILES string of the molecule is Cc1cc(Nc2cccc(C3CCCN(C(=O)OC(C)(C)C)C3)n2)n[nH]1. The van der Waals surface area contributed by atoms with Gasteiger partial charge in [-0.1, -0.05) is 6.07 Å². The standard InChI is InChI=1S/C19H27N5O2/c1-13-11-17(23-22-13)21-16-9-5-8-15(20-16)14-7-6-10-24(12-14)18(25)26-19(2,3)4/h5,8-9,11,14H,6-7,10,12H2,1-4H3,(H2,20,21,22,23). The van der Waals surface area contributed by atoms with E-state index in [1.54, 1.807) is 4.90 Å². The first kappa shape index (κ1) is 18.2. The number of anilines is 2. The minimum atomic E-state index is -0.478. The first-order chi connectivity index (χ1) is 12.3. The van der Waals surface area contributed by atoms with Crippen molar-refractivity contribution in [1.82, 2.24) is 20.1 Å². The molecular formula is C19H27N5O2. The predicted molar refractivity (Wildman–Crippen MR) is 101 cm³/mol. The van der Waals surface area contributed by atoms with E-state index in [1.807, 2.05) is 52.0 Å². The molecule has 0 aliphatic carbocycles. The Bertz CT molecular complexity index is 765. The highest BCUT2D eigenvalue weighted by Crippen LogP contribution is 2.28. The molecule has 3 heterocycles. The number of pyridine rings is 1. The second-order valence-electron chi connectivity index (χ2n) is 7.77. The highest BCUT2D eigenvalue weighted by atomic mass is 16.6. The summed E-state index contributed by atoms with van der Waals surface area (Å²) >= 11 is 0. The molecule has 2 aromatic rings. The predicted octanol–water partition coefficient (Wildman–Crippen LogP) is 3.97. The molecule has 1 fully saturated rings. The molecule has 7 heteroatoms. The number of ether oxygens (including phenoxy) is 1. The van der Waals surface area contributed by atoms with Gasteiger partial charge in [0.25, 0.3) is 0 Å². The largest absolute Gasteiger partial charge is 0.444 e. The van der Waals surface area contributed by atoms with Crippen molar-refractivity contribution >= 4 is 17.7 Å². The fraction of sp³-hybridized carbons (Fsp3) is 0.526. The van der Waals surface area contributed by atoms with Crippen LogP contribution in [-0.4, -0.2) is 44.9 Å². The molecule has 2 N–H and O–H groups in total. The lowest BCUT2D eigenvalue weighted by atomic mass is 9.94. The summed E-state index contributed by atoms with van der Waals surface area (Å²) in [4.78, 5) is 18.9. The average molecular weight is 357 g/mol. The summed E-state index contributed by atoms with van der Waals surface area (Å²) in [5.74, 6) is 1.70. The zero-order chi connectivity index (χ0) is 18.7. The molecule has 1 amide bonds. The molecule has 0 spiro atoms. The van der Waals surface area contributed by atoms with Gasteiger partial charge in [0.1, 0.15) is 11.4 Å². The number of piperidine rings is 1. The van der Waals surface area contributed by atoms with Crippen molar-refractivity contribution < 1.29 is 9.53 Å².